The first-order valence-corrected chi connectivity index (χ1v) is 8.72. The van der Waals surface area contributed by atoms with Crippen LogP contribution in [-0.2, 0) is 4.74 Å². The Kier molecular flexibility index (Phi) is 7.14. The number of anilines is 1. The van der Waals surface area contributed by atoms with E-state index in [1.54, 1.807) is 45.3 Å². The van der Waals surface area contributed by atoms with E-state index in [2.05, 4.69) is 5.32 Å². The van der Waals surface area contributed by atoms with Crippen LogP contribution in [0.25, 0.3) is 0 Å². The van der Waals surface area contributed by atoms with E-state index in [0.29, 0.717) is 55.1 Å². The SMILES string of the molecule is CCOC(=O)N1CCN(C(=S)Nc2cc(OC)c(OC)c(OC)c2)CC1. The molecule has 1 aliphatic rings. The summed E-state index contributed by atoms with van der Waals surface area (Å²) in [5, 5.41) is 3.76. The molecule has 0 unspecified atom stereocenters. The predicted octanol–water partition coefficient (Wildman–Crippen LogP) is 2.18. The smallest absolute Gasteiger partial charge is 0.409 e. The maximum Gasteiger partial charge on any atom is 0.409 e. The molecule has 1 amide bonds. The average Bonchev–Trinajstić information content (AvgIpc) is 2.67. The number of hydrogen-bond acceptors (Lipinski definition) is 6. The van der Waals surface area contributed by atoms with E-state index in [1.165, 1.54) is 0 Å². The average molecular weight is 383 g/mol. The molecular formula is C17H25N3O5S. The Morgan fingerprint density at radius 3 is 2.04 bits per heavy atom. The summed E-state index contributed by atoms with van der Waals surface area (Å²) >= 11 is 5.50. The fourth-order valence-corrected chi connectivity index (χ4v) is 2.96. The van der Waals surface area contributed by atoms with Crippen molar-refractivity contribution < 1.29 is 23.7 Å². The van der Waals surface area contributed by atoms with Gasteiger partial charge in [0, 0.05) is 44.0 Å². The Morgan fingerprint density at radius 2 is 1.58 bits per heavy atom. The lowest BCUT2D eigenvalue weighted by atomic mass is 10.2. The first kappa shape index (κ1) is 19.9. The van der Waals surface area contributed by atoms with Gasteiger partial charge in [-0.1, -0.05) is 0 Å². The molecule has 1 fully saturated rings. The molecule has 26 heavy (non-hydrogen) atoms. The Balaban J connectivity index is 2.01. The fourth-order valence-electron chi connectivity index (χ4n) is 2.66. The van der Waals surface area contributed by atoms with Gasteiger partial charge in [-0.3, -0.25) is 0 Å². The topological polar surface area (TPSA) is 72.5 Å². The quantitative estimate of drug-likeness (QED) is 0.776. The molecule has 1 saturated heterocycles. The third-order valence-corrected chi connectivity index (χ3v) is 4.37. The molecule has 8 nitrogen and oxygen atoms in total. The van der Waals surface area contributed by atoms with Gasteiger partial charge in [0.2, 0.25) is 5.75 Å². The second-order valence-electron chi connectivity index (χ2n) is 5.52. The Morgan fingerprint density at radius 1 is 1.04 bits per heavy atom. The minimum absolute atomic E-state index is 0.282. The number of nitrogens with zero attached hydrogens (tertiary/aromatic N) is 2. The third-order valence-electron chi connectivity index (χ3n) is 4.01. The van der Waals surface area contributed by atoms with Crippen LogP contribution in [-0.4, -0.2) is 75.1 Å². The fraction of sp³-hybridized carbons (Fsp3) is 0.529. The van der Waals surface area contributed by atoms with Crippen molar-refractivity contribution in [1.82, 2.24) is 9.80 Å². The number of hydrogen-bond donors (Lipinski definition) is 1. The van der Waals surface area contributed by atoms with Crippen LogP contribution in [0.4, 0.5) is 10.5 Å². The molecular weight excluding hydrogens is 358 g/mol. The number of thiocarbonyl (C=S) groups is 1. The summed E-state index contributed by atoms with van der Waals surface area (Å²) in [6.07, 6.45) is -0.282. The number of benzene rings is 1. The van der Waals surface area contributed by atoms with E-state index in [9.17, 15) is 4.79 Å². The molecule has 1 aromatic carbocycles. The molecule has 1 aromatic rings. The summed E-state index contributed by atoms with van der Waals surface area (Å²) in [6.45, 7) is 4.57. The molecule has 0 spiro atoms. The van der Waals surface area contributed by atoms with Crippen LogP contribution in [0.15, 0.2) is 12.1 Å². The number of ether oxygens (including phenoxy) is 4. The molecule has 0 saturated carbocycles. The zero-order valence-corrected chi connectivity index (χ0v) is 16.4. The van der Waals surface area contributed by atoms with E-state index < -0.39 is 0 Å². The minimum Gasteiger partial charge on any atom is -0.493 e. The largest absolute Gasteiger partial charge is 0.493 e. The lowest BCUT2D eigenvalue weighted by Gasteiger charge is -2.35. The van der Waals surface area contributed by atoms with Crippen molar-refractivity contribution in [3.8, 4) is 17.2 Å². The van der Waals surface area contributed by atoms with E-state index in [-0.39, 0.29) is 6.09 Å². The second kappa shape index (κ2) is 9.33. The van der Waals surface area contributed by atoms with Gasteiger partial charge in [-0.05, 0) is 19.1 Å². The molecule has 2 rings (SSSR count). The second-order valence-corrected chi connectivity index (χ2v) is 5.90. The summed E-state index contributed by atoms with van der Waals surface area (Å²) in [6, 6.07) is 3.59. The van der Waals surface area contributed by atoms with E-state index in [4.69, 9.17) is 31.2 Å². The molecule has 1 N–H and O–H groups in total. The van der Waals surface area contributed by atoms with Crippen molar-refractivity contribution in [1.29, 1.82) is 0 Å². The lowest BCUT2D eigenvalue weighted by molar-refractivity contribution is 0.0923. The zero-order chi connectivity index (χ0) is 19.1. The van der Waals surface area contributed by atoms with Crippen LogP contribution >= 0.6 is 12.2 Å². The van der Waals surface area contributed by atoms with Gasteiger partial charge >= 0.3 is 6.09 Å². The highest BCUT2D eigenvalue weighted by atomic mass is 32.1. The first-order chi connectivity index (χ1) is 12.5. The third kappa shape index (κ3) is 4.60. The number of piperazine rings is 1. The number of nitrogens with one attached hydrogen (secondary N) is 1. The molecule has 0 radical (unpaired) electrons. The van der Waals surface area contributed by atoms with Crippen LogP contribution in [0.2, 0.25) is 0 Å². The molecule has 1 aliphatic heterocycles. The Bertz CT molecular complexity index is 622. The zero-order valence-electron chi connectivity index (χ0n) is 15.5. The van der Waals surface area contributed by atoms with Gasteiger partial charge in [0.25, 0.3) is 0 Å². The molecule has 0 atom stereocenters. The standard InChI is InChI=1S/C17H25N3O5S/c1-5-25-17(21)20-8-6-19(7-9-20)16(26)18-12-10-13(22-2)15(24-4)14(11-12)23-3/h10-11H,5-9H2,1-4H3,(H,18,26). The van der Waals surface area contributed by atoms with Crippen LogP contribution in [0.1, 0.15) is 6.92 Å². The van der Waals surface area contributed by atoms with Gasteiger partial charge in [-0.25, -0.2) is 4.79 Å². The van der Waals surface area contributed by atoms with Gasteiger partial charge in [0.05, 0.1) is 27.9 Å². The highest BCUT2D eigenvalue weighted by Crippen LogP contribution is 2.40. The van der Waals surface area contributed by atoms with Gasteiger partial charge in [0.1, 0.15) is 0 Å². The van der Waals surface area contributed by atoms with Gasteiger partial charge < -0.3 is 34.1 Å². The minimum atomic E-state index is -0.282. The number of carbonyl (C=O) groups excluding carboxylic acids is 1. The van der Waals surface area contributed by atoms with Crippen molar-refractivity contribution in [3.63, 3.8) is 0 Å². The highest BCUT2D eigenvalue weighted by Gasteiger charge is 2.23. The summed E-state index contributed by atoms with van der Waals surface area (Å²) in [4.78, 5) is 15.5. The summed E-state index contributed by atoms with van der Waals surface area (Å²) in [7, 11) is 4.68. The Hall–Kier alpha value is -2.42. The highest BCUT2D eigenvalue weighted by molar-refractivity contribution is 7.80. The maximum atomic E-state index is 11.8. The molecule has 0 aromatic heterocycles. The monoisotopic (exact) mass is 383 g/mol. The molecule has 9 heteroatoms. The number of carbonyl (C=O) groups is 1. The van der Waals surface area contributed by atoms with Gasteiger partial charge in [-0.15, -0.1) is 0 Å². The molecule has 1 heterocycles. The van der Waals surface area contributed by atoms with Crippen molar-refractivity contribution in [2.24, 2.45) is 0 Å². The van der Waals surface area contributed by atoms with Crippen LogP contribution in [0, 0.1) is 0 Å². The van der Waals surface area contributed by atoms with Crippen LogP contribution < -0.4 is 19.5 Å². The first-order valence-electron chi connectivity index (χ1n) is 8.31. The summed E-state index contributed by atoms with van der Waals surface area (Å²) < 4.78 is 21.0. The lowest BCUT2D eigenvalue weighted by Crippen LogP contribution is -2.51. The van der Waals surface area contributed by atoms with Crippen LogP contribution in [0.3, 0.4) is 0 Å². The van der Waals surface area contributed by atoms with Gasteiger partial charge in [-0.2, -0.15) is 0 Å². The Labute approximate surface area is 158 Å². The van der Waals surface area contributed by atoms with Crippen molar-refractivity contribution >= 4 is 29.1 Å². The van der Waals surface area contributed by atoms with Crippen molar-refractivity contribution in [2.45, 2.75) is 6.92 Å². The summed E-state index contributed by atoms with van der Waals surface area (Å²) in [5.41, 5.74) is 0.734. The summed E-state index contributed by atoms with van der Waals surface area (Å²) in [5.74, 6) is 1.61. The van der Waals surface area contributed by atoms with Crippen molar-refractivity contribution in [3.05, 3.63) is 12.1 Å². The predicted molar refractivity (Wildman–Crippen MR) is 102 cm³/mol. The van der Waals surface area contributed by atoms with E-state index in [1.807, 2.05) is 4.90 Å². The molecule has 0 aliphatic carbocycles. The normalized spacial score (nSPS) is 13.8. The van der Waals surface area contributed by atoms with Crippen molar-refractivity contribution in [2.75, 3.05) is 59.4 Å². The number of rotatable bonds is 5. The number of amides is 1. The van der Waals surface area contributed by atoms with Gasteiger partial charge in [0.15, 0.2) is 16.6 Å². The van der Waals surface area contributed by atoms with Crippen LogP contribution in [0.5, 0.6) is 17.2 Å². The maximum absolute atomic E-state index is 11.8. The van der Waals surface area contributed by atoms with E-state index in [0.717, 1.165) is 5.69 Å². The number of methoxy groups -OCH3 is 3. The van der Waals surface area contributed by atoms with E-state index >= 15 is 0 Å². The molecule has 0 bridgehead atoms. The molecule has 144 valence electrons.